The van der Waals surface area contributed by atoms with Crippen LogP contribution in [0.3, 0.4) is 0 Å². The zero-order valence-electron chi connectivity index (χ0n) is 17.1. The van der Waals surface area contributed by atoms with E-state index in [4.69, 9.17) is 10.5 Å². The molecule has 1 heterocycles. The van der Waals surface area contributed by atoms with Gasteiger partial charge in [0.05, 0.1) is 13.2 Å². The highest BCUT2D eigenvalue weighted by Crippen LogP contribution is 2.27. The van der Waals surface area contributed by atoms with E-state index in [1.807, 2.05) is 25.1 Å². The third-order valence-corrected chi connectivity index (χ3v) is 5.72. The number of hydrogen-bond donors (Lipinski definition) is 2. The molecule has 162 valence electrons. The predicted molar refractivity (Wildman–Crippen MR) is 133 cm³/mol. The Labute approximate surface area is 199 Å². The molecule has 0 aliphatic carbocycles. The molecular formula is C22H29IN4O2S. The Hall–Kier alpha value is -1.94. The number of nitrogens with one attached hydrogen (secondary N) is 1. The van der Waals surface area contributed by atoms with E-state index >= 15 is 0 Å². The van der Waals surface area contributed by atoms with Crippen LogP contribution >= 0.6 is 35.7 Å². The van der Waals surface area contributed by atoms with Gasteiger partial charge in [0.2, 0.25) is 0 Å². The van der Waals surface area contributed by atoms with Gasteiger partial charge in [-0.05, 0) is 49.6 Å². The molecule has 0 bridgehead atoms. The van der Waals surface area contributed by atoms with Gasteiger partial charge in [0.25, 0.3) is 0 Å². The summed E-state index contributed by atoms with van der Waals surface area (Å²) in [7, 11) is 0. The number of nitrogens with zero attached hydrogens (tertiary/aromatic N) is 2. The molecule has 1 amide bonds. The van der Waals surface area contributed by atoms with Crippen molar-refractivity contribution in [2.75, 3.05) is 19.7 Å². The predicted octanol–water partition coefficient (Wildman–Crippen LogP) is 4.48. The fourth-order valence-corrected chi connectivity index (χ4v) is 3.98. The number of halogens is 1. The summed E-state index contributed by atoms with van der Waals surface area (Å²) < 4.78 is 5.04. The van der Waals surface area contributed by atoms with Crippen molar-refractivity contribution in [2.45, 2.75) is 42.1 Å². The van der Waals surface area contributed by atoms with Gasteiger partial charge in [0.15, 0.2) is 5.96 Å². The van der Waals surface area contributed by atoms with Crippen LogP contribution in [0.25, 0.3) is 0 Å². The van der Waals surface area contributed by atoms with Crippen LogP contribution in [0.2, 0.25) is 0 Å². The maximum Gasteiger partial charge on any atom is 0.409 e. The van der Waals surface area contributed by atoms with Crippen LogP contribution in [0.15, 0.2) is 69.4 Å². The van der Waals surface area contributed by atoms with E-state index in [0.717, 1.165) is 18.4 Å². The van der Waals surface area contributed by atoms with Crippen molar-refractivity contribution in [1.29, 1.82) is 0 Å². The number of hydrogen-bond acceptors (Lipinski definition) is 4. The van der Waals surface area contributed by atoms with Crippen LogP contribution < -0.4 is 11.1 Å². The fraction of sp³-hybridized carbons (Fsp3) is 0.364. The summed E-state index contributed by atoms with van der Waals surface area (Å²) in [4.78, 5) is 20.4. The van der Waals surface area contributed by atoms with Gasteiger partial charge >= 0.3 is 6.09 Å². The molecule has 1 fully saturated rings. The molecule has 2 aromatic carbocycles. The molecule has 8 heteroatoms. The Bertz CT molecular complexity index is 810. The van der Waals surface area contributed by atoms with Crippen molar-refractivity contribution in [3.63, 3.8) is 0 Å². The van der Waals surface area contributed by atoms with Crippen LogP contribution in [-0.2, 0) is 11.3 Å². The third-order valence-electron chi connectivity index (χ3n) is 4.71. The van der Waals surface area contributed by atoms with Crippen molar-refractivity contribution in [3.8, 4) is 0 Å². The summed E-state index contributed by atoms with van der Waals surface area (Å²) >= 11 is 1.74. The molecule has 6 nitrogen and oxygen atoms in total. The molecule has 0 spiro atoms. The molecule has 1 aliphatic rings. The lowest BCUT2D eigenvalue weighted by atomic mass is 10.1. The topological polar surface area (TPSA) is 80.0 Å². The summed E-state index contributed by atoms with van der Waals surface area (Å²) in [6.07, 6.45) is 1.43. The minimum Gasteiger partial charge on any atom is -0.450 e. The summed E-state index contributed by atoms with van der Waals surface area (Å²) in [5.74, 6) is 0.447. The van der Waals surface area contributed by atoms with Gasteiger partial charge < -0.3 is 20.7 Å². The Balaban J connectivity index is 0.00000320. The number of rotatable bonds is 6. The molecule has 0 aromatic heterocycles. The van der Waals surface area contributed by atoms with Crippen LogP contribution in [0.4, 0.5) is 4.79 Å². The molecule has 2 aromatic rings. The number of likely N-dealkylation sites (tertiary alicyclic amines) is 1. The Morgan fingerprint density at radius 2 is 1.77 bits per heavy atom. The monoisotopic (exact) mass is 540 g/mol. The molecule has 30 heavy (non-hydrogen) atoms. The number of guanidine groups is 1. The van der Waals surface area contributed by atoms with Gasteiger partial charge in [-0.1, -0.05) is 42.1 Å². The van der Waals surface area contributed by atoms with E-state index in [2.05, 4.69) is 46.7 Å². The lowest BCUT2D eigenvalue weighted by molar-refractivity contribution is 0.0963. The third kappa shape index (κ3) is 7.71. The minimum absolute atomic E-state index is 0. The second-order valence-corrected chi connectivity index (χ2v) is 8.01. The molecular weight excluding hydrogens is 511 g/mol. The Morgan fingerprint density at radius 3 is 2.40 bits per heavy atom. The SMILES string of the molecule is CCOC(=O)N1CCC(NC(N)=NCc2ccc(Sc3ccccc3)cc2)CC1.I. The Kier molecular flexibility index (Phi) is 10.3. The molecule has 0 radical (unpaired) electrons. The van der Waals surface area contributed by atoms with E-state index in [1.54, 1.807) is 16.7 Å². The zero-order valence-corrected chi connectivity index (χ0v) is 20.3. The van der Waals surface area contributed by atoms with E-state index in [-0.39, 0.29) is 36.1 Å². The van der Waals surface area contributed by atoms with Crippen molar-refractivity contribution in [2.24, 2.45) is 10.7 Å². The lowest BCUT2D eigenvalue weighted by Gasteiger charge is -2.31. The molecule has 0 unspecified atom stereocenters. The van der Waals surface area contributed by atoms with Gasteiger partial charge in [-0.25, -0.2) is 9.79 Å². The molecule has 1 aliphatic heterocycles. The van der Waals surface area contributed by atoms with Gasteiger partial charge in [0, 0.05) is 28.9 Å². The summed E-state index contributed by atoms with van der Waals surface area (Å²) in [5, 5.41) is 3.27. The smallest absolute Gasteiger partial charge is 0.409 e. The number of amides is 1. The van der Waals surface area contributed by atoms with Crippen LogP contribution in [-0.4, -0.2) is 42.7 Å². The highest BCUT2D eigenvalue weighted by molar-refractivity contribution is 14.0. The number of carbonyl (C=O) groups is 1. The van der Waals surface area contributed by atoms with Gasteiger partial charge in [-0.15, -0.1) is 24.0 Å². The first-order valence-corrected chi connectivity index (χ1v) is 10.8. The van der Waals surface area contributed by atoms with Gasteiger partial charge in [0.1, 0.15) is 0 Å². The normalized spacial score (nSPS) is 14.7. The molecule has 3 N–H and O–H groups in total. The first kappa shape index (κ1) is 24.3. The lowest BCUT2D eigenvalue weighted by Crippen LogP contribution is -2.48. The summed E-state index contributed by atoms with van der Waals surface area (Å²) in [5.41, 5.74) is 7.17. The van der Waals surface area contributed by atoms with E-state index in [0.29, 0.717) is 32.2 Å². The fourth-order valence-electron chi connectivity index (χ4n) is 3.14. The summed E-state index contributed by atoms with van der Waals surface area (Å²) in [6, 6.07) is 18.9. The van der Waals surface area contributed by atoms with Crippen molar-refractivity contribution < 1.29 is 9.53 Å². The highest BCUT2D eigenvalue weighted by atomic mass is 127. The molecule has 1 saturated heterocycles. The average Bonchev–Trinajstić information content (AvgIpc) is 2.75. The number of nitrogens with two attached hydrogens (primary N) is 1. The largest absolute Gasteiger partial charge is 0.450 e. The van der Waals surface area contributed by atoms with Gasteiger partial charge in [-0.3, -0.25) is 0 Å². The number of piperidine rings is 1. The zero-order chi connectivity index (χ0) is 20.5. The van der Waals surface area contributed by atoms with Crippen LogP contribution in [0, 0.1) is 0 Å². The molecule has 0 saturated carbocycles. The number of carbonyl (C=O) groups excluding carboxylic acids is 1. The highest BCUT2D eigenvalue weighted by Gasteiger charge is 2.23. The van der Waals surface area contributed by atoms with Gasteiger partial charge in [-0.2, -0.15) is 0 Å². The average molecular weight is 540 g/mol. The second-order valence-electron chi connectivity index (χ2n) is 6.87. The maximum absolute atomic E-state index is 11.7. The second kappa shape index (κ2) is 12.7. The molecule has 0 atom stereocenters. The molecule has 3 rings (SSSR count). The number of ether oxygens (including phenoxy) is 1. The standard InChI is InChI=1S/C22H28N4O2S.HI/c1-2-28-22(27)26-14-12-18(13-15-26)25-21(23)24-16-17-8-10-20(11-9-17)29-19-6-4-3-5-7-19;/h3-11,18H,2,12-16H2,1H3,(H3,23,24,25);1H. The minimum atomic E-state index is -0.235. The number of benzene rings is 2. The van der Waals surface area contributed by atoms with E-state index in [1.165, 1.54) is 9.79 Å². The van der Waals surface area contributed by atoms with Crippen LogP contribution in [0.1, 0.15) is 25.3 Å². The van der Waals surface area contributed by atoms with E-state index < -0.39 is 0 Å². The first-order valence-electron chi connectivity index (χ1n) is 9.94. The van der Waals surface area contributed by atoms with E-state index in [9.17, 15) is 4.79 Å². The quantitative estimate of drug-likeness (QED) is 0.321. The van der Waals surface area contributed by atoms with Crippen molar-refractivity contribution in [3.05, 3.63) is 60.2 Å². The summed E-state index contributed by atoms with van der Waals surface area (Å²) in [6.45, 7) is 4.10. The Morgan fingerprint density at radius 1 is 1.13 bits per heavy atom. The van der Waals surface area contributed by atoms with Crippen molar-refractivity contribution >= 4 is 47.8 Å². The number of aliphatic imine (C=N–C) groups is 1. The van der Waals surface area contributed by atoms with Crippen molar-refractivity contribution in [1.82, 2.24) is 10.2 Å². The maximum atomic E-state index is 11.7. The van der Waals surface area contributed by atoms with Crippen LogP contribution in [0.5, 0.6) is 0 Å². The first-order chi connectivity index (χ1) is 14.1.